The molecule has 0 aromatic carbocycles. The molecule has 142 valence electrons. The fraction of sp³-hybridized carbons (Fsp3) is 0.750. The number of hydrogen-bond donors (Lipinski definition) is 0. The average Bonchev–Trinajstić information content (AvgIpc) is 2.71. The summed E-state index contributed by atoms with van der Waals surface area (Å²) >= 11 is 0. The number of ether oxygens (including phenoxy) is 2. The maximum absolute atomic E-state index is 12.4. The summed E-state index contributed by atoms with van der Waals surface area (Å²) in [6.45, 7) is 15.6. The molecular weight excluding hydrogens is 332 g/mol. The summed E-state index contributed by atoms with van der Waals surface area (Å²) in [5, 5.41) is 0.0967. The van der Waals surface area contributed by atoms with E-state index >= 15 is 0 Å². The van der Waals surface area contributed by atoms with Gasteiger partial charge >= 0.3 is 5.97 Å². The van der Waals surface area contributed by atoms with Crippen LogP contribution < -0.4 is 0 Å². The Morgan fingerprint density at radius 2 is 2.00 bits per heavy atom. The molecule has 1 unspecified atom stereocenters. The van der Waals surface area contributed by atoms with E-state index in [1.165, 1.54) is 6.42 Å². The van der Waals surface area contributed by atoms with Gasteiger partial charge in [-0.05, 0) is 51.2 Å². The van der Waals surface area contributed by atoms with Crippen LogP contribution in [0, 0.1) is 5.92 Å². The van der Waals surface area contributed by atoms with Crippen LogP contribution in [0.3, 0.4) is 0 Å². The highest BCUT2D eigenvalue weighted by Gasteiger charge is 2.44. The van der Waals surface area contributed by atoms with Crippen molar-refractivity contribution in [1.82, 2.24) is 0 Å². The van der Waals surface area contributed by atoms with Gasteiger partial charge in [-0.3, -0.25) is 0 Å². The molecule has 1 aliphatic carbocycles. The first kappa shape index (κ1) is 20.2. The molecule has 0 bridgehead atoms. The second-order valence-corrected chi connectivity index (χ2v) is 14.0. The number of carbonyl (C=O) groups excluding carboxylic acids is 1. The third-order valence-electron chi connectivity index (χ3n) is 5.59. The molecular formula is C20H34O4Si. The van der Waals surface area contributed by atoms with Crippen LogP contribution in [0.5, 0.6) is 0 Å². The van der Waals surface area contributed by atoms with Crippen LogP contribution in [-0.4, -0.2) is 33.1 Å². The van der Waals surface area contributed by atoms with Crippen LogP contribution >= 0.6 is 0 Å². The van der Waals surface area contributed by atoms with Gasteiger partial charge in [0.1, 0.15) is 5.57 Å². The third-order valence-corrected chi connectivity index (χ3v) is 10.1. The van der Waals surface area contributed by atoms with Crippen LogP contribution in [-0.2, 0) is 18.7 Å². The summed E-state index contributed by atoms with van der Waals surface area (Å²) in [7, 11) is -1.94. The molecule has 2 rings (SSSR count). The van der Waals surface area contributed by atoms with Gasteiger partial charge in [0.05, 0.1) is 13.2 Å². The first-order valence-electron chi connectivity index (χ1n) is 9.34. The Kier molecular flexibility index (Phi) is 5.89. The van der Waals surface area contributed by atoms with Crippen molar-refractivity contribution in [1.29, 1.82) is 0 Å². The third kappa shape index (κ3) is 4.76. The fourth-order valence-electron chi connectivity index (χ4n) is 2.86. The molecule has 0 spiro atoms. The van der Waals surface area contributed by atoms with Gasteiger partial charge in [0.2, 0.25) is 0 Å². The van der Waals surface area contributed by atoms with Crippen LogP contribution in [0.15, 0.2) is 23.5 Å². The van der Waals surface area contributed by atoms with E-state index in [9.17, 15) is 4.79 Å². The first-order chi connectivity index (χ1) is 11.4. The Morgan fingerprint density at radius 3 is 2.56 bits per heavy atom. The highest BCUT2D eigenvalue weighted by molar-refractivity contribution is 6.74. The van der Waals surface area contributed by atoms with Gasteiger partial charge in [-0.1, -0.05) is 32.9 Å². The fourth-order valence-corrected chi connectivity index (χ4v) is 3.80. The van der Waals surface area contributed by atoms with Gasteiger partial charge in [-0.2, -0.15) is 0 Å². The minimum absolute atomic E-state index is 0.0967. The number of hydrogen-bond acceptors (Lipinski definition) is 4. The van der Waals surface area contributed by atoms with Crippen molar-refractivity contribution < 1.29 is 18.7 Å². The van der Waals surface area contributed by atoms with Crippen LogP contribution in [0.1, 0.15) is 53.9 Å². The molecule has 0 fully saturated rings. The number of carbonyl (C=O) groups is 1. The zero-order valence-corrected chi connectivity index (χ0v) is 17.9. The molecule has 1 heterocycles. The summed E-state index contributed by atoms with van der Waals surface area (Å²) in [5.41, 5.74) is -0.170. The van der Waals surface area contributed by atoms with Gasteiger partial charge in [-0.25, -0.2) is 4.79 Å². The molecule has 2 aliphatic rings. The first-order valence-corrected chi connectivity index (χ1v) is 12.3. The molecule has 25 heavy (non-hydrogen) atoms. The Labute approximate surface area is 153 Å². The van der Waals surface area contributed by atoms with Crippen molar-refractivity contribution in [2.24, 2.45) is 5.92 Å². The summed E-state index contributed by atoms with van der Waals surface area (Å²) < 4.78 is 17.9. The maximum atomic E-state index is 12.4. The minimum atomic E-state index is -1.94. The van der Waals surface area contributed by atoms with Crippen molar-refractivity contribution >= 4 is 14.3 Å². The monoisotopic (exact) mass is 366 g/mol. The van der Waals surface area contributed by atoms with E-state index < -0.39 is 13.9 Å². The smallest absolute Gasteiger partial charge is 0.340 e. The van der Waals surface area contributed by atoms with Crippen molar-refractivity contribution in [2.75, 3.05) is 13.2 Å². The lowest BCUT2D eigenvalue weighted by molar-refractivity contribution is -0.146. The van der Waals surface area contributed by atoms with Gasteiger partial charge in [0.25, 0.3) is 0 Å². The van der Waals surface area contributed by atoms with Gasteiger partial charge in [-0.15, -0.1) is 0 Å². The lowest BCUT2D eigenvalue weighted by Gasteiger charge is -2.36. The van der Waals surface area contributed by atoms with Crippen molar-refractivity contribution in [3.8, 4) is 0 Å². The number of rotatable bonds is 6. The summed E-state index contributed by atoms with van der Waals surface area (Å²) in [5.74, 6) is 0.753. The molecule has 0 saturated heterocycles. The Bertz CT molecular complexity index is 567. The van der Waals surface area contributed by atoms with E-state index in [2.05, 4.69) is 46.0 Å². The largest absolute Gasteiger partial charge is 0.492 e. The summed E-state index contributed by atoms with van der Waals surface area (Å²) in [6, 6.07) is 0. The topological polar surface area (TPSA) is 44.8 Å². The van der Waals surface area contributed by atoms with E-state index in [1.807, 2.05) is 13.8 Å². The second-order valence-electron chi connectivity index (χ2n) is 9.19. The Hall–Kier alpha value is -1.07. The SMILES string of the molecule is CC1(C)OC(=O)C(CO[Si](C)(C)C(C)(C)C)=C1OCC1C=CCCC1. The molecule has 1 aliphatic heterocycles. The molecule has 0 amide bonds. The second kappa shape index (κ2) is 7.27. The minimum Gasteiger partial charge on any atom is -0.492 e. The molecule has 5 heteroatoms. The predicted octanol–water partition coefficient (Wildman–Crippen LogP) is 4.97. The van der Waals surface area contributed by atoms with Gasteiger partial charge in [0.15, 0.2) is 19.7 Å². The molecule has 0 aromatic heterocycles. The average molecular weight is 367 g/mol. The van der Waals surface area contributed by atoms with Gasteiger partial charge < -0.3 is 13.9 Å². The van der Waals surface area contributed by atoms with Crippen LogP contribution in [0.25, 0.3) is 0 Å². The zero-order chi connectivity index (χ0) is 18.9. The molecule has 1 atom stereocenters. The molecule has 0 aromatic rings. The van der Waals surface area contributed by atoms with Crippen molar-refractivity contribution in [3.05, 3.63) is 23.5 Å². The van der Waals surface area contributed by atoms with E-state index in [0.717, 1.165) is 12.8 Å². The lowest BCUT2D eigenvalue weighted by atomic mass is 9.96. The molecule has 4 nitrogen and oxygen atoms in total. The van der Waals surface area contributed by atoms with E-state index in [0.29, 0.717) is 23.9 Å². The van der Waals surface area contributed by atoms with Gasteiger partial charge in [0, 0.05) is 5.92 Å². The highest BCUT2D eigenvalue weighted by Crippen LogP contribution is 2.39. The number of allylic oxidation sites excluding steroid dienone is 1. The summed E-state index contributed by atoms with van der Waals surface area (Å²) in [6.07, 6.45) is 7.92. The molecule has 0 radical (unpaired) electrons. The van der Waals surface area contributed by atoms with E-state index in [-0.39, 0.29) is 17.6 Å². The van der Waals surface area contributed by atoms with Crippen LogP contribution in [0.4, 0.5) is 0 Å². The van der Waals surface area contributed by atoms with Crippen LogP contribution in [0.2, 0.25) is 18.1 Å². The quantitative estimate of drug-likeness (QED) is 0.378. The summed E-state index contributed by atoms with van der Waals surface area (Å²) in [4.78, 5) is 12.4. The standard InChI is InChI=1S/C20H34O4Si/c1-19(2,3)25(6,7)23-14-16-17(20(4,5)24-18(16)21)22-13-15-11-9-8-10-12-15/h9,11,15H,8,10,12-14H2,1-7H3. The number of esters is 1. The number of cyclic esters (lactones) is 1. The van der Waals surface area contributed by atoms with Crippen molar-refractivity contribution in [3.63, 3.8) is 0 Å². The maximum Gasteiger partial charge on any atom is 0.340 e. The van der Waals surface area contributed by atoms with E-state index in [4.69, 9.17) is 13.9 Å². The Balaban J connectivity index is 2.13. The lowest BCUT2D eigenvalue weighted by Crippen LogP contribution is -2.41. The zero-order valence-electron chi connectivity index (χ0n) is 16.9. The Morgan fingerprint density at radius 1 is 1.32 bits per heavy atom. The van der Waals surface area contributed by atoms with Crippen molar-refractivity contribution in [2.45, 2.75) is 77.6 Å². The predicted molar refractivity (Wildman–Crippen MR) is 103 cm³/mol. The highest BCUT2D eigenvalue weighted by atomic mass is 28.4. The molecule has 0 saturated carbocycles. The molecule has 0 N–H and O–H groups in total. The van der Waals surface area contributed by atoms with E-state index in [1.54, 1.807) is 0 Å². The normalized spacial score (nSPS) is 23.8.